The molecule has 0 aliphatic rings. The molecule has 0 saturated heterocycles. The molecule has 0 aromatic heterocycles. The Kier molecular flexibility index (Phi) is 7.82. The fraction of sp³-hybridized carbons (Fsp3) is 0.647. The van der Waals surface area contributed by atoms with Crippen LogP contribution in [0.5, 0.6) is 0 Å². The van der Waals surface area contributed by atoms with Gasteiger partial charge in [0.25, 0.3) is 0 Å². The first-order valence-electron chi connectivity index (χ1n) is 7.64. The summed E-state index contributed by atoms with van der Waals surface area (Å²) in [5, 5.41) is 22.5. The summed E-state index contributed by atoms with van der Waals surface area (Å²) in [7, 11) is 0. The van der Waals surface area contributed by atoms with Crippen molar-refractivity contribution in [2.45, 2.75) is 52.2 Å². The predicted octanol–water partition coefficient (Wildman–Crippen LogP) is 2.67. The third-order valence-corrected chi connectivity index (χ3v) is 3.32. The number of rotatable bonds is 9. The van der Waals surface area contributed by atoms with Gasteiger partial charge in [-0.05, 0) is 49.8 Å². The molecular weight excluding hydrogens is 250 g/mol. The molecule has 2 unspecified atom stereocenters. The molecule has 0 saturated carbocycles. The van der Waals surface area contributed by atoms with Crippen LogP contribution in [-0.4, -0.2) is 29.4 Å². The number of aliphatic hydroxyl groups excluding tert-OH is 2. The number of hydrogen-bond donors (Lipinski definition) is 3. The molecule has 0 bridgehead atoms. The van der Waals surface area contributed by atoms with Crippen LogP contribution in [0.15, 0.2) is 24.3 Å². The lowest BCUT2D eigenvalue weighted by molar-refractivity contribution is 0.168. The van der Waals surface area contributed by atoms with E-state index in [-0.39, 0.29) is 6.10 Å². The van der Waals surface area contributed by atoms with Crippen molar-refractivity contribution < 1.29 is 10.2 Å². The van der Waals surface area contributed by atoms with Crippen molar-refractivity contribution in [3.05, 3.63) is 35.4 Å². The van der Waals surface area contributed by atoms with Crippen molar-refractivity contribution in [3.8, 4) is 0 Å². The highest BCUT2D eigenvalue weighted by Gasteiger charge is 2.07. The zero-order valence-electron chi connectivity index (χ0n) is 13.0. The summed E-state index contributed by atoms with van der Waals surface area (Å²) in [6.45, 7) is 7.60. The molecular formula is C17H29NO2. The van der Waals surface area contributed by atoms with E-state index in [2.05, 4.69) is 31.3 Å². The van der Waals surface area contributed by atoms with Crippen LogP contribution in [0.1, 0.15) is 50.8 Å². The maximum atomic E-state index is 10.1. The number of aliphatic hydroxyl groups is 2. The van der Waals surface area contributed by atoms with Crippen LogP contribution in [0.2, 0.25) is 0 Å². The van der Waals surface area contributed by atoms with E-state index in [9.17, 15) is 5.11 Å². The Morgan fingerprint density at radius 3 is 2.25 bits per heavy atom. The second kappa shape index (κ2) is 9.11. The van der Waals surface area contributed by atoms with Crippen molar-refractivity contribution in [1.29, 1.82) is 0 Å². The first kappa shape index (κ1) is 17.2. The largest absolute Gasteiger partial charge is 0.393 e. The van der Waals surface area contributed by atoms with E-state index in [0.717, 1.165) is 31.4 Å². The highest BCUT2D eigenvalue weighted by Crippen LogP contribution is 2.15. The molecule has 0 amide bonds. The topological polar surface area (TPSA) is 52.5 Å². The summed E-state index contributed by atoms with van der Waals surface area (Å²) < 4.78 is 0. The van der Waals surface area contributed by atoms with Crippen LogP contribution in [0.3, 0.4) is 0 Å². The van der Waals surface area contributed by atoms with Crippen LogP contribution in [0, 0.1) is 5.92 Å². The predicted molar refractivity (Wildman–Crippen MR) is 83.7 cm³/mol. The third kappa shape index (κ3) is 7.04. The Morgan fingerprint density at radius 1 is 1.05 bits per heavy atom. The second-order valence-corrected chi connectivity index (χ2v) is 6.05. The van der Waals surface area contributed by atoms with E-state index < -0.39 is 6.10 Å². The Balaban J connectivity index is 2.30. The second-order valence-electron chi connectivity index (χ2n) is 6.05. The summed E-state index contributed by atoms with van der Waals surface area (Å²) in [4.78, 5) is 0. The van der Waals surface area contributed by atoms with Gasteiger partial charge in [-0.15, -0.1) is 0 Å². The average Bonchev–Trinajstić information content (AvgIpc) is 2.38. The van der Waals surface area contributed by atoms with Gasteiger partial charge >= 0.3 is 0 Å². The fourth-order valence-corrected chi connectivity index (χ4v) is 2.23. The molecule has 1 rings (SSSR count). The van der Waals surface area contributed by atoms with Gasteiger partial charge in [-0.2, -0.15) is 0 Å². The maximum Gasteiger partial charge on any atom is 0.0914 e. The molecule has 0 heterocycles. The lowest BCUT2D eigenvalue weighted by atomic mass is 10.0. The number of nitrogens with one attached hydrogen (secondary N) is 1. The molecule has 3 heteroatoms. The summed E-state index contributed by atoms with van der Waals surface area (Å²) in [5.74, 6) is 0.654. The van der Waals surface area contributed by atoms with E-state index >= 15 is 0 Å². The van der Waals surface area contributed by atoms with E-state index in [1.165, 1.54) is 5.56 Å². The minimum absolute atomic E-state index is 0.241. The van der Waals surface area contributed by atoms with Gasteiger partial charge < -0.3 is 15.5 Å². The first-order chi connectivity index (χ1) is 9.49. The Morgan fingerprint density at radius 2 is 1.70 bits per heavy atom. The molecule has 1 aromatic rings. The van der Waals surface area contributed by atoms with Gasteiger partial charge in [0.1, 0.15) is 0 Å². The lowest BCUT2D eigenvalue weighted by Crippen LogP contribution is -2.23. The normalized spacial score (nSPS) is 14.5. The van der Waals surface area contributed by atoms with E-state index in [1.807, 2.05) is 12.1 Å². The van der Waals surface area contributed by atoms with Crippen molar-refractivity contribution in [3.63, 3.8) is 0 Å². The molecule has 1 aromatic carbocycles. The zero-order chi connectivity index (χ0) is 15.0. The quantitative estimate of drug-likeness (QED) is 0.609. The van der Waals surface area contributed by atoms with Crippen LogP contribution >= 0.6 is 0 Å². The molecule has 20 heavy (non-hydrogen) atoms. The summed E-state index contributed by atoms with van der Waals surface area (Å²) in [5.41, 5.74) is 2.28. The van der Waals surface area contributed by atoms with Crippen LogP contribution in [0.25, 0.3) is 0 Å². The molecule has 0 aliphatic carbocycles. The minimum Gasteiger partial charge on any atom is -0.393 e. The van der Waals surface area contributed by atoms with Crippen LogP contribution in [0.4, 0.5) is 0 Å². The van der Waals surface area contributed by atoms with Gasteiger partial charge in [-0.1, -0.05) is 38.1 Å². The molecule has 0 fully saturated rings. The molecule has 3 N–H and O–H groups in total. The van der Waals surface area contributed by atoms with Crippen molar-refractivity contribution in [1.82, 2.24) is 5.32 Å². The Bertz CT molecular complexity index is 360. The highest BCUT2D eigenvalue weighted by atomic mass is 16.3. The highest BCUT2D eigenvalue weighted by molar-refractivity contribution is 5.24. The molecule has 0 radical (unpaired) electrons. The zero-order valence-corrected chi connectivity index (χ0v) is 13.0. The molecule has 0 aliphatic heterocycles. The Labute approximate surface area is 123 Å². The summed E-state index contributed by atoms with van der Waals surface area (Å²) >= 11 is 0. The van der Waals surface area contributed by atoms with Crippen molar-refractivity contribution in [2.24, 2.45) is 5.92 Å². The van der Waals surface area contributed by atoms with Crippen molar-refractivity contribution in [2.75, 3.05) is 13.1 Å². The standard InChI is InChI=1S/C17H29NO2/c1-13(2)11-15-6-8-16(9-7-15)17(20)12-18-10-4-5-14(3)19/h6-9,13-14,17-20H,4-5,10-12H2,1-3H3. The van der Waals surface area contributed by atoms with Gasteiger partial charge in [0.2, 0.25) is 0 Å². The molecule has 114 valence electrons. The Hall–Kier alpha value is -0.900. The molecule has 2 atom stereocenters. The van der Waals surface area contributed by atoms with Gasteiger partial charge in [0, 0.05) is 6.54 Å². The molecule has 0 spiro atoms. The first-order valence-corrected chi connectivity index (χ1v) is 7.64. The van der Waals surface area contributed by atoms with Gasteiger partial charge in [-0.3, -0.25) is 0 Å². The fourth-order valence-electron chi connectivity index (χ4n) is 2.23. The average molecular weight is 279 g/mol. The number of hydrogen-bond acceptors (Lipinski definition) is 3. The summed E-state index contributed by atoms with van der Waals surface area (Å²) in [6, 6.07) is 8.23. The van der Waals surface area contributed by atoms with E-state index in [0.29, 0.717) is 12.5 Å². The number of benzene rings is 1. The van der Waals surface area contributed by atoms with Crippen molar-refractivity contribution >= 4 is 0 Å². The van der Waals surface area contributed by atoms with Crippen LogP contribution < -0.4 is 5.32 Å². The third-order valence-electron chi connectivity index (χ3n) is 3.32. The van der Waals surface area contributed by atoms with Crippen LogP contribution in [-0.2, 0) is 6.42 Å². The van der Waals surface area contributed by atoms with E-state index in [4.69, 9.17) is 5.11 Å². The maximum absolute atomic E-state index is 10.1. The van der Waals surface area contributed by atoms with Gasteiger partial charge in [0.05, 0.1) is 12.2 Å². The van der Waals surface area contributed by atoms with Gasteiger partial charge in [0.15, 0.2) is 0 Å². The minimum atomic E-state index is -0.463. The van der Waals surface area contributed by atoms with E-state index in [1.54, 1.807) is 6.92 Å². The smallest absolute Gasteiger partial charge is 0.0914 e. The SMILES string of the molecule is CC(C)Cc1ccc(C(O)CNCCCC(C)O)cc1. The monoisotopic (exact) mass is 279 g/mol. The molecule has 3 nitrogen and oxygen atoms in total. The lowest BCUT2D eigenvalue weighted by Gasteiger charge is -2.13. The summed E-state index contributed by atoms with van der Waals surface area (Å²) in [6.07, 6.45) is 2.10. The van der Waals surface area contributed by atoms with Gasteiger partial charge in [-0.25, -0.2) is 0 Å².